The third kappa shape index (κ3) is 3.42. The lowest BCUT2D eigenvalue weighted by atomic mass is 9.85. The van der Waals surface area contributed by atoms with Crippen molar-refractivity contribution < 1.29 is 14.9 Å². The molecule has 96 valence electrons. The van der Waals surface area contributed by atoms with Gasteiger partial charge in [-0.2, -0.15) is 0 Å². The molecule has 0 saturated carbocycles. The van der Waals surface area contributed by atoms with E-state index < -0.39 is 0 Å². The summed E-state index contributed by atoms with van der Waals surface area (Å²) in [7, 11) is 0. The van der Waals surface area contributed by atoms with Gasteiger partial charge < -0.3 is 20.3 Å². The van der Waals surface area contributed by atoms with Crippen LogP contribution in [0.2, 0.25) is 0 Å². The normalized spacial score (nSPS) is 24.0. The van der Waals surface area contributed by atoms with E-state index in [4.69, 9.17) is 4.74 Å². The Bertz CT molecular complexity index is 198. The van der Waals surface area contributed by atoms with Crippen LogP contribution in [0, 0.1) is 5.41 Å². The van der Waals surface area contributed by atoms with Gasteiger partial charge in [-0.1, -0.05) is 13.8 Å². The minimum atomic E-state index is -0.205. The van der Waals surface area contributed by atoms with Crippen molar-refractivity contribution in [3.63, 3.8) is 0 Å². The minimum Gasteiger partial charge on any atom is -0.396 e. The van der Waals surface area contributed by atoms with Crippen molar-refractivity contribution in [2.75, 3.05) is 33.0 Å². The van der Waals surface area contributed by atoms with Gasteiger partial charge in [-0.25, -0.2) is 0 Å². The van der Waals surface area contributed by atoms with Crippen molar-refractivity contribution in [2.24, 2.45) is 5.41 Å². The lowest BCUT2D eigenvalue weighted by Gasteiger charge is -2.39. The van der Waals surface area contributed by atoms with E-state index in [0.29, 0.717) is 13.2 Å². The molecule has 0 aromatic carbocycles. The summed E-state index contributed by atoms with van der Waals surface area (Å²) < 4.78 is 5.31. The highest BCUT2D eigenvalue weighted by molar-refractivity contribution is 4.91. The Morgan fingerprint density at radius 3 is 2.38 bits per heavy atom. The smallest absolute Gasteiger partial charge is 0.0615 e. The number of nitrogens with one attached hydrogen (secondary N) is 1. The third-order valence-corrected chi connectivity index (χ3v) is 3.88. The maximum Gasteiger partial charge on any atom is 0.0615 e. The highest BCUT2D eigenvalue weighted by Gasteiger charge is 2.33. The van der Waals surface area contributed by atoms with Gasteiger partial charge in [0.15, 0.2) is 0 Å². The lowest BCUT2D eigenvalue weighted by Crippen LogP contribution is -2.55. The maximum absolute atomic E-state index is 9.50. The largest absolute Gasteiger partial charge is 0.396 e. The van der Waals surface area contributed by atoms with Crippen molar-refractivity contribution in [3.05, 3.63) is 0 Å². The molecule has 1 atom stereocenters. The van der Waals surface area contributed by atoms with E-state index in [1.165, 1.54) is 0 Å². The Morgan fingerprint density at radius 2 is 1.94 bits per heavy atom. The van der Waals surface area contributed by atoms with Gasteiger partial charge in [0.05, 0.1) is 6.61 Å². The molecule has 16 heavy (non-hydrogen) atoms. The van der Waals surface area contributed by atoms with Crippen LogP contribution in [0.1, 0.15) is 33.1 Å². The van der Waals surface area contributed by atoms with Gasteiger partial charge in [0.2, 0.25) is 0 Å². The van der Waals surface area contributed by atoms with Crippen molar-refractivity contribution >= 4 is 0 Å². The van der Waals surface area contributed by atoms with Crippen molar-refractivity contribution in [1.29, 1.82) is 0 Å². The molecule has 3 N–H and O–H groups in total. The lowest BCUT2D eigenvalue weighted by molar-refractivity contribution is 0.00355. The molecular formula is C12H25NO3. The highest BCUT2D eigenvalue weighted by Crippen LogP contribution is 2.24. The fourth-order valence-electron chi connectivity index (χ4n) is 1.85. The Hall–Kier alpha value is -0.160. The van der Waals surface area contributed by atoms with Gasteiger partial charge in [-0.15, -0.1) is 0 Å². The van der Waals surface area contributed by atoms with Crippen LogP contribution in [0.25, 0.3) is 0 Å². The topological polar surface area (TPSA) is 61.7 Å². The fourth-order valence-corrected chi connectivity index (χ4v) is 1.85. The minimum absolute atomic E-state index is 0.0968. The predicted octanol–water partition coefficient (Wildman–Crippen LogP) is 0.526. The second kappa shape index (κ2) is 5.96. The van der Waals surface area contributed by atoms with Gasteiger partial charge in [0.25, 0.3) is 0 Å². The summed E-state index contributed by atoms with van der Waals surface area (Å²) in [5.74, 6) is 0. The average Bonchev–Trinajstić information content (AvgIpc) is 2.37. The second-order valence-electron chi connectivity index (χ2n) is 5.23. The highest BCUT2D eigenvalue weighted by atomic mass is 16.5. The van der Waals surface area contributed by atoms with Crippen LogP contribution in [-0.4, -0.2) is 48.7 Å². The van der Waals surface area contributed by atoms with Crippen LogP contribution in [0.15, 0.2) is 0 Å². The van der Waals surface area contributed by atoms with Gasteiger partial charge >= 0.3 is 0 Å². The van der Waals surface area contributed by atoms with Crippen molar-refractivity contribution in [2.45, 2.75) is 38.6 Å². The SMILES string of the molecule is CCC(C)(CO)CNC1(CO)CCOCC1. The number of aliphatic hydroxyl groups excluding tert-OH is 2. The van der Waals surface area contributed by atoms with Gasteiger partial charge in [0.1, 0.15) is 0 Å². The van der Waals surface area contributed by atoms with E-state index >= 15 is 0 Å². The monoisotopic (exact) mass is 231 g/mol. The molecule has 0 spiro atoms. The van der Waals surface area contributed by atoms with Crippen LogP contribution in [0.4, 0.5) is 0 Å². The first-order valence-corrected chi connectivity index (χ1v) is 6.14. The molecule has 1 unspecified atom stereocenters. The maximum atomic E-state index is 9.50. The fraction of sp³-hybridized carbons (Fsp3) is 1.00. The molecule has 1 saturated heterocycles. The van der Waals surface area contributed by atoms with E-state index in [1.807, 2.05) is 0 Å². The summed E-state index contributed by atoms with van der Waals surface area (Å²) in [5.41, 5.74) is -0.301. The Balaban J connectivity index is 2.50. The standard InChI is InChI=1S/C12H25NO3/c1-3-11(2,9-14)8-13-12(10-15)4-6-16-7-5-12/h13-15H,3-10H2,1-2H3. The van der Waals surface area contributed by atoms with Crippen LogP contribution < -0.4 is 5.32 Å². The van der Waals surface area contributed by atoms with E-state index in [9.17, 15) is 10.2 Å². The summed E-state index contributed by atoms with van der Waals surface area (Å²) in [4.78, 5) is 0. The molecule has 0 aromatic rings. The van der Waals surface area contributed by atoms with Crippen molar-refractivity contribution in [3.8, 4) is 0 Å². The van der Waals surface area contributed by atoms with Gasteiger partial charge in [-0.05, 0) is 19.3 Å². The van der Waals surface area contributed by atoms with Gasteiger partial charge in [0, 0.05) is 37.3 Å². The summed E-state index contributed by atoms with van der Waals surface area (Å²) >= 11 is 0. The van der Waals surface area contributed by atoms with Crippen LogP contribution >= 0.6 is 0 Å². The van der Waals surface area contributed by atoms with E-state index in [1.54, 1.807) is 0 Å². The molecule has 1 heterocycles. The molecule has 1 aliphatic rings. The number of aliphatic hydroxyl groups is 2. The third-order valence-electron chi connectivity index (χ3n) is 3.88. The zero-order chi connectivity index (χ0) is 12.1. The predicted molar refractivity (Wildman–Crippen MR) is 63.4 cm³/mol. The molecular weight excluding hydrogens is 206 g/mol. The Kier molecular flexibility index (Phi) is 5.18. The summed E-state index contributed by atoms with van der Waals surface area (Å²) in [6.07, 6.45) is 2.61. The van der Waals surface area contributed by atoms with Crippen LogP contribution in [-0.2, 0) is 4.74 Å². The van der Waals surface area contributed by atoms with E-state index in [0.717, 1.165) is 25.8 Å². The van der Waals surface area contributed by atoms with E-state index in [2.05, 4.69) is 19.2 Å². The summed E-state index contributed by atoms with van der Waals surface area (Å²) in [6.45, 7) is 6.60. The molecule has 1 rings (SSSR count). The quantitative estimate of drug-likeness (QED) is 0.624. The Labute approximate surface area is 98.0 Å². The summed E-state index contributed by atoms with van der Waals surface area (Å²) in [6, 6.07) is 0. The molecule has 1 aliphatic heterocycles. The zero-order valence-electron chi connectivity index (χ0n) is 10.5. The van der Waals surface area contributed by atoms with Crippen LogP contribution in [0.3, 0.4) is 0 Å². The molecule has 0 radical (unpaired) electrons. The first-order chi connectivity index (χ1) is 7.60. The number of hydrogen-bond donors (Lipinski definition) is 3. The summed E-state index contributed by atoms with van der Waals surface area (Å²) in [5, 5.41) is 22.3. The van der Waals surface area contributed by atoms with E-state index in [-0.39, 0.29) is 24.2 Å². The molecule has 4 nitrogen and oxygen atoms in total. The van der Waals surface area contributed by atoms with Gasteiger partial charge in [-0.3, -0.25) is 0 Å². The molecule has 0 amide bonds. The number of hydrogen-bond acceptors (Lipinski definition) is 4. The first kappa shape index (κ1) is 13.9. The first-order valence-electron chi connectivity index (χ1n) is 6.14. The zero-order valence-corrected chi connectivity index (χ0v) is 10.5. The number of rotatable bonds is 6. The molecule has 0 bridgehead atoms. The molecule has 4 heteroatoms. The molecule has 0 aromatic heterocycles. The molecule has 0 aliphatic carbocycles. The average molecular weight is 231 g/mol. The van der Waals surface area contributed by atoms with Crippen molar-refractivity contribution in [1.82, 2.24) is 5.32 Å². The van der Waals surface area contributed by atoms with Crippen LogP contribution in [0.5, 0.6) is 0 Å². The number of ether oxygens (including phenoxy) is 1. The second-order valence-corrected chi connectivity index (χ2v) is 5.23. The molecule has 1 fully saturated rings. The Morgan fingerprint density at radius 1 is 1.31 bits per heavy atom.